The van der Waals surface area contributed by atoms with E-state index < -0.39 is 5.67 Å². The molecule has 1 unspecified atom stereocenters. The van der Waals surface area contributed by atoms with Gasteiger partial charge in [0.05, 0.1) is 10.9 Å². The second-order valence-corrected chi connectivity index (χ2v) is 6.49. The van der Waals surface area contributed by atoms with Crippen molar-refractivity contribution in [1.82, 2.24) is 9.55 Å². The molecule has 19 heavy (non-hydrogen) atoms. The normalized spacial score (nSPS) is 18.8. The van der Waals surface area contributed by atoms with Crippen molar-refractivity contribution in [3.05, 3.63) is 38.9 Å². The number of benzene rings is 1. The summed E-state index contributed by atoms with van der Waals surface area (Å²) in [5.41, 5.74) is -0.699. The predicted molar refractivity (Wildman–Crippen MR) is 76.1 cm³/mol. The molecule has 0 N–H and O–H groups in total. The first-order chi connectivity index (χ1) is 8.86. The number of alkyl halides is 1. The van der Waals surface area contributed by atoms with Crippen molar-refractivity contribution in [3.8, 4) is 0 Å². The summed E-state index contributed by atoms with van der Waals surface area (Å²) >= 11 is 3.37. The Morgan fingerprint density at radius 2 is 2.21 bits per heavy atom. The smallest absolute Gasteiger partial charge is 0.261 e. The number of nitrogens with zero attached hydrogens (tertiary/aromatic N) is 2. The second-order valence-electron chi connectivity index (χ2n) is 5.57. The first-order valence-electron chi connectivity index (χ1n) is 6.24. The maximum atomic E-state index is 14.1. The molecule has 0 bridgehead atoms. The van der Waals surface area contributed by atoms with E-state index in [4.69, 9.17) is 0 Å². The summed E-state index contributed by atoms with van der Waals surface area (Å²) in [7, 11) is 0. The largest absolute Gasteiger partial charge is 0.296 e. The third kappa shape index (κ3) is 2.10. The van der Waals surface area contributed by atoms with E-state index in [1.807, 2.05) is 12.1 Å². The van der Waals surface area contributed by atoms with Crippen LogP contribution in [0.1, 0.15) is 19.7 Å². The molecule has 3 rings (SSSR count). The summed E-state index contributed by atoms with van der Waals surface area (Å²) in [5, 5.41) is 0.587. The maximum absolute atomic E-state index is 14.1. The minimum atomic E-state index is -1.30. The maximum Gasteiger partial charge on any atom is 0.261 e. The third-order valence-corrected chi connectivity index (χ3v) is 4.29. The molecule has 0 saturated carbocycles. The van der Waals surface area contributed by atoms with E-state index in [9.17, 15) is 9.18 Å². The van der Waals surface area contributed by atoms with Gasteiger partial charge in [-0.25, -0.2) is 9.37 Å². The molecule has 5 heteroatoms. The van der Waals surface area contributed by atoms with Gasteiger partial charge < -0.3 is 0 Å². The molecule has 2 aromatic rings. The molecule has 1 atom stereocenters. The average molecular weight is 325 g/mol. The number of rotatable bonds is 1. The van der Waals surface area contributed by atoms with E-state index in [2.05, 4.69) is 20.9 Å². The average Bonchev–Trinajstić information content (AvgIpc) is 2.72. The van der Waals surface area contributed by atoms with Crippen molar-refractivity contribution < 1.29 is 4.39 Å². The molecule has 0 amide bonds. The number of hydrogen-bond donors (Lipinski definition) is 0. The molecule has 0 radical (unpaired) electrons. The molecule has 3 nitrogen and oxygen atoms in total. The van der Waals surface area contributed by atoms with Crippen LogP contribution in [0.25, 0.3) is 10.9 Å². The minimum Gasteiger partial charge on any atom is -0.296 e. The third-order valence-electron chi connectivity index (χ3n) is 3.80. The van der Waals surface area contributed by atoms with Crippen LogP contribution < -0.4 is 5.56 Å². The summed E-state index contributed by atoms with van der Waals surface area (Å²) in [6.07, 6.45) is 0.515. The highest BCUT2D eigenvalue weighted by molar-refractivity contribution is 9.10. The fourth-order valence-electron chi connectivity index (χ4n) is 2.55. The van der Waals surface area contributed by atoms with E-state index in [1.54, 1.807) is 24.5 Å². The van der Waals surface area contributed by atoms with Crippen LogP contribution in [0.15, 0.2) is 27.5 Å². The molecule has 1 aromatic carbocycles. The zero-order valence-corrected chi connectivity index (χ0v) is 12.4. The fourth-order valence-corrected chi connectivity index (χ4v) is 2.90. The lowest BCUT2D eigenvalue weighted by molar-refractivity contribution is 0.123. The highest BCUT2D eigenvalue weighted by Gasteiger charge is 2.36. The molecule has 0 spiro atoms. The first kappa shape index (κ1) is 12.8. The van der Waals surface area contributed by atoms with Gasteiger partial charge >= 0.3 is 0 Å². The van der Waals surface area contributed by atoms with Gasteiger partial charge in [0.1, 0.15) is 11.5 Å². The highest BCUT2D eigenvalue weighted by Crippen LogP contribution is 2.31. The number of hydrogen-bond acceptors (Lipinski definition) is 2. The second kappa shape index (κ2) is 4.13. The standard InChI is InChI=1S/C14H14BrFN2O/c1-14(2,16)8-5-12-17-11-6-9(15)3-4-10(11)13(19)18(12)7-8/h3-4,6,8H,5,7H2,1-2H3. The zero-order valence-electron chi connectivity index (χ0n) is 10.8. The molecule has 0 aliphatic carbocycles. The molecule has 100 valence electrons. The highest BCUT2D eigenvalue weighted by atomic mass is 79.9. The predicted octanol–water partition coefficient (Wildman–Crippen LogP) is 3.08. The summed E-state index contributed by atoms with van der Waals surface area (Å²) in [5.74, 6) is 0.499. The van der Waals surface area contributed by atoms with Gasteiger partial charge in [0.2, 0.25) is 0 Å². The van der Waals surface area contributed by atoms with E-state index in [0.717, 1.165) is 4.47 Å². The Labute approximate surface area is 118 Å². The van der Waals surface area contributed by atoms with Crippen LogP contribution >= 0.6 is 15.9 Å². The molecular weight excluding hydrogens is 311 g/mol. The van der Waals surface area contributed by atoms with Gasteiger partial charge in [-0.1, -0.05) is 15.9 Å². The lowest BCUT2D eigenvalue weighted by Gasteiger charge is -2.20. The quantitative estimate of drug-likeness (QED) is 0.808. The van der Waals surface area contributed by atoms with Crippen LogP contribution in [0.5, 0.6) is 0 Å². The monoisotopic (exact) mass is 324 g/mol. The Morgan fingerprint density at radius 1 is 1.47 bits per heavy atom. The van der Waals surface area contributed by atoms with Gasteiger partial charge in [-0.2, -0.15) is 0 Å². The summed E-state index contributed by atoms with van der Waals surface area (Å²) in [4.78, 5) is 16.9. The van der Waals surface area contributed by atoms with Gasteiger partial charge in [0.15, 0.2) is 0 Å². The van der Waals surface area contributed by atoms with Gasteiger partial charge in [0, 0.05) is 23.4 Å². The van der Waals surface area contributed by atoms with E-state index in [1.165, 1.54) is 0 Å². The number of halogens is 2. The number of aromatic nitrogens is 2. The summed E-state index contributed by atoms with van der Waals surface area (Å²) in [6.45, 7) is 3.53. The topological polar surface area (TPSA) is 34.9 Å². The zero-order chi connectivity index (χ0) is 13.8. The minimum absolute atomic E-state index is 0.0701. The van der Waals surface area contributed by atoms with Crippen LogP contribution in [-0.2, 0) is 13.0 Å². The Morgan fingerprint density at radius 3 is 2.89 bits per heavy atom. The molecule has 2 heterocycles. The fraction of sp³-hybridized carbons (Fsp3) is 0.429. The van der Waals surface area contributed by atoms with Crippen LogP contribution in [-0.4, -0.2) is 15.2 Å². The Kier molecular flexibility index (Phi) is 2.78. The van der Waals surface area contributed by atoms with Crippen molar-refractivity contribution in [2.45, 2.75) is 32.5 Å². The van der Waals surface area contributed by atoms with Gasteiger partial charge in [0.25, 0.3) is 5.56 Å². The van der Waals surface area contributed by atoms with E-state index in [-0.39, 0.29) is 11.5 Å². The molecule has 1 aromatic heterocycles. The lowest BCUT2D eigenvalue weighted by Crippen LogP contribution is -2.28. The van der Waals surface area contributed by atoms with Crippen LogP contribution in [0, 0.1) is 5.92 Å². The summed E-state index contributed by atoms with van der Waals surface area (Å²) < 4.78 is 16.6. The number of fused-ring (bicyclic) bond motifs is 2. The van der Waals surface area contributed by atoms with Gasteiger partial charge in [-0.05, 0) is 32.0 Å². The van der Waals surface area contributed by atoms with Crippen molar-refractivity contribution in [2.75, 3.05) is 0 Å². The van der Waals surface area contributed by atoms with Crippen molar-refractivity contribution in [3.63, 3.8) is 0 Å². The van der Waals surface area contributed by atoms with Crippen molar-refractivity contribution >= 4 is 26.8 Å². The molecule has 0 saturated heterocycles. The SMILES string of the molecule is CC(C)(F)C1Cc2nc3cc(Br)ccc3c(=O)n2C1. The first-order valence-corrected chi connectivity index (χ1v) is 7.03. The Hall–Kier alpha value is -1.23. The Balaban J connectivity index is 2.18. The molecular formula is C14H14BrFN2O. The van der Waals surface area contributed by atoms with Crippen molar-refractivity contribution in [2.24, 2.45) is 5.92 Å². The Bertz CT molecular complexity index is 718. The van der Waals surface area contributed by atoms with Crippen LogP contribution in [0.4, 0.5) is 4.39 Å². The molecule has 1 aliphatic rings. The van der Waals surface area contributed by atoms with Crippen LogP contribution in [0.3, 0.4) is 0 Å². The van der Waals surface area contributed by atoms with E-state index >= 15 is 0 Å². The molecule has 0 fully saturated rings. The summed E-state index contributed by atoms with van der Waals surface area (Å²) in [6, 6.07) is 5.41. The van der Waals surface area contributed by atoms with Crippen molar-refractivity contribution in [1.29, 1.82) is 0 Å². The van der Waals surface area contributed by atoms with Crippen LogP contribution in [0.2, 0.25) is 0 Å². The van der Waals surface area contributed by atoms with Gasteiger partial charge in [-0.3, -0.25) is 9.36 Å². The lowest BCUT2D eigenvalue weighted by atomic mass is 9.92. The van der Waals surface area contributed by atoms with E-state index in [0.29, 0.717) is 29.7 Å². The molecule has 1 aliphatic heterocycles. The van der Waals surface area contributed by atoms with Gasteiger partial charge in [-0.15, -0.1) is 0 Å².